The highest BCUT2D eigenvalue weighted by atomic mass is 16.2. The molecule has 1 saturated heterocycles. The number of nitrogens with zero attached hydrogens (tertiary/aromatic N) is 2. The molecule has 5 nitrogen and oxygen atoms in total. The van der Waals surface area contributed by atoms with Gasteiger partial charge in [-0.05, 0) is 25.2 Å². The monoisotopic (exact) mass is 267 g/mol. The zero-order valence-corrected chi connectivity index (χ0v) is 11.9. The molecule has 0 aromatic rings. The number of carbonyl (C=O) groups is 1. The summed E-state index contributed by atoms with van der Waals surface area (Å²) in [7, 11) is 0. The number of aliphatic hydroxyl groups excluding tert-OH is 1. The standard InChI is InChI=1S/C14H25N3O2/c1-11(2)14(19)16-13-8-12(4-3-7-18)9-17(10-13)6-5-15/h11-13,18H,3-4,6-10H2,1-2H3,(H,16,19). The first kappa shape index (κ1) is 15.9. The summed E-state index contributed by atoms with van der Waals surface area (Å²) in [5, 5.41) is 20.8. The summed E-state index contributed by atoms with van der Waals surface area (Å²) in [6, 6.07) is 2.30. The average Bonchev–Trinajstić information content (AvgIpc) is 2.36. The third-order valence-electron chi connectivity index (χ3n) is 3.55. The molecule has 1 amide bonds. The zero-order valence-electron chi connectivity index (χ0n) is 11.9. The number of nitriles is 1. The van der Waals surface area contributed by atoms with E-state index in [1.165, 1.54) is 0 Å². The largest absolute Gasteiger partial charge is 0.396 e. The maximum absolute atomic E-state index is 11.8. The molecule has 2 N–H and O–H groups in total. The van der Waals surface area contributed by atoms with Gasteiger partial charge in [-0.2, -0.15) is 5.26 Å². The molecule has 0 aromatic carbocycles. The Kier molecular flexibility index (Phi) is 6.82. The fourth-order valence-corrected chi connectivity index (χ4v) is 2.59. The van der Waals surface area contributed by atoms with E-state index in [1.807, 2.05) is 13.8 Å². The second kappa shape index (κ2) is 8.13. The van der Waals surface area contributed by atoms with Crippen LogP contribution in [0.3, 0.4) is 0 Å². The van der Waals surface area contributed by atoms with Crippen molar-refractivity contribution < 1.29 is 9.90 Å². The Morgan fingerprint density at radius 3 is 2.84 bits per heavy atom. The Labute approximate surface area is 115 Å². The predicted molar refractivity (Wildman–Crippen MR) is 73.2 cm³/mol. The van der Waals surface area contributed by atoms with Crippen molar-refractivity contribution >= 4 is 5.91 Å². The molecule has 5 heteroatoms. The normalized spacial score (nSPS) is 24.2. The molecule has 1 rings (SSSR count). The van der Waals surface area contributed by atoms with Crippen molar-refractivity contribution in [1.82, 2.24) is 10.2 Å². The lowest BCUT2D eigenvalue weighted by Gasteiger charge is -2.37. The van der Waals surface area contributed by atoms with Gasteiger partial charge in [0.05, 0.1) is 12.6 Å². The van der Waals surface area contributed by atoms with Crippen molar-refractivity contribution in [2.24, 2.45) is 11.8 Å². The fourth-order valence-electron chi connectivity index (χ4n) is 2.59. The van der Waals surface area contributed by atoms with Crippen LogP contribution in [0.2, 0.25) is 0 Å². The van der Waals surface area contributed by atoms with E-state index >= 15 is 0 Å². The van der Waals surface area contributed by atoms with E-state index in [2.05, 4.69) is 16.3 Å². The van der Waals surface area contributed by atoms with Crippen LogP contribution in [0.5, 0.6) is 0 Å². The van der Waals surface area contributed by atoms with Gasteiger partial charge in [0.15, 0.2) is 0 Å². The van der Waals surface area contributed by atoms with E-state index in [9.17, 15) is 4.79 Å². The van der Waals surface area contributed by atoms with Gasteiger partial charge in [0.25, 0.3) is 0 Å². The van der Waals surface area contributed by atoms with Crippen LogP contribution in [0, 0.1) is 23.2 Å². The molecule has 0 saturated carbocycles. The van der Waals surface area contributed by atoms with Gasteiger partial charge in [-0.15, -0.1) is 0 Å². The Hall–Kier alpha value is -1.12. The van der Waals surface area contributed by atoms with Crippen molar-refractivity contribution in [2.45, 2.75) is 39.2 Å². The smallest absolute Gasteiger partial charge is 0.222 e. The number of amides is 1. The summed E-state index contributed by atoms with van der Waals surface area (Å²) in [4.78, 5) is 13.9. The number of rotatable bonds is 6. The molecule has 0 spiro atoms. The van der Waals surface area contributed by atoms with E-state index in [1.54, 1.807) is 0 Å². The number of nitrogens with one attached hydrogen (secondary N) is 1. The summed E-state index contributed by atoms with van der Waals surface area (Å²) < 4.78 is 0. The van der Waals surface area contributed by atoms with Crippen LogP contribution in [-0.4, -0.2) is 48.2 Å². The molecule has 2 unspecified atom stereocenters. The highest BCUT2D eigenvalue weighted by Gasteiger charge is 2.28. The average molecular weight is 267 g/mol. The van der Waals surface area contributed by atoms with Gasteiger partial charge >= 0.3 is 0 Å². The van der Waals surface area contributed by atoms with E-state index in [4.69, 9.17) is 10.4 Å². The lowest BCUT2D eigenvalue weighted by Crippen LogP contribution is -2.51. The number of piperidine rings is 1. The highest BCUT2D eigenvalue weighted by molar-refractivity contribution is 5.78. The van der Waals surface area contributed by atoms with Gasteiger partial charge in [-0.25, -0.2) is 0 Å². The number of likely N-dealkylation sites (tertiary alicyclic amines) is 1. The van der Waals surface area contributed by atoms with Gasteiger partial charge in [-0.3, -0.25) is 9.69 Å². The van der Waals surface area contributed by atoms with E-state index in [0.717, 1.165) is 32.4 Å². The first-order chi connectivity index (χ1) is 9.06. The van der Waals surface area contributed by atoms with Crippen LogP contribution in [-0.2, 0) is 4.79 Å². The Balaban J connectivity index is 2.54. The maximum Gasteiger partial charge on any atom is 0.222 e. The first-order valence-electron chi connectivity index (χ1n) is 7.07. The van der Waals surface area contributed by atoms with Crippen molar-refractivity contribution in [3.05, 3.63) is 0 Å². The maximum atomic E-state index is 11.8. The molecule has 19 heavy (non-hydrogen) atoms. The Morgan fingerprint density at radius 2 is 2.26 bits per heavy atom. The molecule has 1 fully saturated rings. The van der Waals surface area contributed by atoms with Gasteiger partial charge in [0.2, 0.25) is 5.91 Å². The lowest BCUT2D eigenvalue weighted by molar-refractivity contribution is -0.125. The third-order valence-corrected chi connectivity index (χ3v) is 3.55. The summed E-state index contributed by atoms with van der Waals surface area (Å²) in [5.74, 6) is 0.513. The fraction of sp³-hybridized carbons (Fsp3) is 0.857. The minimum absolute atomic E-state index is 0.0118. The Morgan fingerprint density at radius 1 is 1.53 bits per heavy atom. The molecule has 2 atom stereocenters. The molecule has 1 aliphatic rings. The van der Waals surface area contributed by atoms with Crippen LogP contribution in [0.25, 0.3) is 0 Å². The van der Waals surface area contributed by atoms with Crippen LogP contribution in [0.4, 0.5) is 0 Å². The third kappa shape index (κ3) is 5.58. The van der Waals surface area contributed by atoms with Crippen molar-refractivity contribution in [1.29, 1.82) is 5.26 Å². The predicted octanol–water partition coefficient (Wildman–Crippen LogP) is 0.745. The molecule has 1 heterocycles. The zero-order chi connectivity index (χ0) is 14.3. The van der Waals surface area contributed by atoms with E-state index in [-0.39, 0.29) is 24.5 Å². The summed E-state index contributed by atoms with van der Waals surface area (Å²) in [6.45, 7) is 6.02. The molecule has 0 aromatic heterocycles. The molecule has 0 radical (unpaired) electrons. The topological polar surface area (TPSA) is 76.4 Å². The molecular weight excluding hydrogens is 242 g/mol. The van der Waals surface area contributed by atoms with Crippen molar-refractivity contribution in [2.75, 3.05) is 26.2 Å². The highest BCUT2D eigenvalue weighted by Crippen LogP contribution is 2.21. The quantitative estimate of drug-likeness (QED) is 0.696. The van der Waals surface area contributed by atoms with Crippen molar-refractivity contribution in [3.8, 4) is 6.07 Å². The number of hydrogen-bond donors (Lipinski definition) is 2. The summed E-state index contributed by atoms with van der Waals surface area (Å²) in [5.41, 5.74) is 0. The molecule has 108 valence electrons. The van der Waals surface area contributed by atoms with Crippen LogP contribution >= 0.6 is 0 Å². The van der Waals surface area contributed by atoms with Gasteiger partial charge in [-0.1, -0.05) is 13.8 Å². The van der Waals surface area contributed by atoms with Crippen LogP contribution in [0.15, 0.2) is 0 Å². The molecular formula is C14H25N3O2. The summed E-state index contributed by atoms with van der Waals surface area (Å²) in [6.07, 6.45) is 2.68. The minimum Gasteiger partial charge on any atom is -0.396 e. The van der Waals surface area contributed by atoms with Gasteiger partial charge in [0.1, 0.15) is 0 Å². The number of aliphatic hydroxyl groups is 1. The second-order valence-electron chi connectivity index (χ2n) is 5.68. The lowest BCUT2D eigenvalue weighted by atomic mass is 9.90. The van der Waals surface area contributed by atoms with Gasteiger partial charge in [0, 0.05) is 31.7 Å². The van der Waals surface area contributed by atoms with Crippen molar-refractivity contribution in [3.63, 3.8) is 0 Å². The summed E-state index contributed by atoms with van der Waals surface area (Å²) >= 11 is 0. The van der Waals surface area contributed by atoms with E-state index in [0.29, 0.717) is 12.5 Å². The SMILES string of the molecule is CC(C)C(=O)NC1CC(CCCO)CN(CC#N)C1. The minimum atomic E-state index is -0.0118. The number of hydrogen-bond acceptors (Lipinski definition) is 4. The van der Waals surface area contributed by atoms with Gasteiger partial charge < -0.3 is 10.4 Å². The first-order valence-corrected chi connectivity index (χ1v) is 7.07. The van der Waals surface area contributed by atoms with Crippen LogP contribution in [0.1, 0.15) is 33.1 Å². The second-order valence-corrected chi connectivity index (χ2v) is 5.68. The molecule has 1 aliphatic heterocycles. The van der Waals surface area contributed by atoms with Crippen LogP contribution < -0.4 is 5.32 Å². The number of carbonyl (C=O) groups excluding carboxylic acids is 1. The Bertz CT molecular complexity index is 325. The molecule has 0 bridgehead atoms. The molecule has 0 aliphatic carbocycles. The van der Waals surface area contributed by atoms with E-state index < -0.39 is 0 Å².